The van der Waals surface area contributed by atoms with E-state index in [0.717, 1.165) is 12.1 Å². The van der Waals surface area contributed by atoms with Gasteiger partial charge in [0.15, 0.2) is 0 Å². The molecule has 0 atom stereocenters. The molecule has 0 amide bonds. The van der Waals surface area contributed by atoms with E-state index in [0.29, 0.717) is 11.3 Å². The van der Waals surface area contributed by atoms with Gasteiger partial charge >= 0.3 is 12.1 Å². The summed E-state index contributed by atoms with van der Waals surface area (Å²) in [5.41, 5.74) is 0.159. The van der Waals surface area contributed by atoms with Gasteiger partial charge in [0.25, 0.3) is 0 Å². The Bertz CT molecular complexity index is 668. The van der Waals surface area contributed by atoms with Gasteiger partial charge in [0.1, 0.15) is 5.69 Å². The smallest absolute Gasteiger partial charge is 0.416 e. The fourth-order valence-corrected chi connectivity index (χ4v) is 2.25. The summed E-state index contributed by atoms with van der Waals surface area (Å²) in [6, 6.07) is 4.64. The maximum absolute atomic E-state index is 12.6. The number of nitrogens with one attached hydrogen (secondary N) is 1. The number of carbonyl (C=O) groups is 1. The molecule has 112 valence electrons. The minimum Gasteiger partial charge on any atom is -0.461 e. The number of alkyl halides is 3. The van der Waals surface area contributed by atoms with Crippen molar-refractivity contribution in [2.45, 2.75) is 13.1 Å². The van der Waals surface area contributed by atoms with Crippen molar-refractivity contribution < 1.29 is 22.7 Å². The second-order valence-corrected chi connectivity index (χ2v) is 4.93. The molecule has 0 aliphatic carbocycles. The van der Waals surface area contributed by atoms with Gasteiger partial charge < -0.3 is 4.74 Å². The molecule has 0 fully saturated rings. The van der Waals surface area contributed by atoms with Gasteiger partial charge in [0, 0.05) is 10.0 Å². The van der Waals surface area contributed by atoms with Crippen LogP contribution in [0.4, 0.5) is 13.2 Å². The van der Waals surface area contributed by atoms with Gasteiger partial charge in [-0.15, -0.1) is 0 Å². The second kappa shape index (κ2) is 5.88. The lowest BCUT2D eigenvalue weighted by Crippen LogP contribution is -2.04. The Morgan fingerprint density at radius 1 is 1.38 bits per heavy atom. The molecule has 0 bridgehead atoms. The van der Waals surface area contributed by atoms with Gasteiger partial charge in [-0.25, -0.2) is 4.79 Å². The van der Waals surface area contributed by atoms with E-state index in [-0.39, 0.29) is 16.8 Å². The maximum atomic E-state index is 12.6. The van der Waals surface area contributed by atoms with E-state index in [1.807, 2.05) is 0 Å². The van der Waals surface area contributed by atoms with Crippen LogP contribution in [0.15, 0.2) is 28.7 Å². The third-order valence-electron chi connectivity index (χ3n) is 2.65. The number of halogens is 4. The van der Waals surface area contributed by atoms with Crippen LogP contribution in [0, 0.1) is 0 Å². The minimum atomic E-state index is -4.41. The highest BCUT2D eigenvalue weighted by atomic mass is 79.9. The molecule has 0 saturated heterocycles. The second-order valence-electron chi connectivity index (χ2n) is 4.08. The van der Waals surface area contributed by atoms with Crippen molar-refractivity contribution in [2.75, 3.05) is 6.61 Å². The number of benzene rings is 1. The van der Waals surface area contributed by atoms with Crippen molar-refractivity contribution in [1.29, 1.82) is 0 Å². The zero-order chi connectivity index (χ0) is 15.6. The van der Waals surface area contributed by atoms with Crippen LogP contribution in [-0.4, -0.2) is 22.8 Å². The van der Waals surface area contributed by atoms with Gasteiger partial charge in [-0.1, -0.05) is 22.0 Å². The molecule has 1 aromatic heterocycles. The number of ether oxygens (including phenoxy) is 1. The molecule has 0 aliphatic rings. The Kier molecular flexibility index (Phi) is 4.36. The van der Waals surface area contributed by atoms with Crippen LogP contribution in [0.25, 0.3) is 11.3 Å². The Labute approximate surface area is 126 Å². The lowest BCUT2D eigenvalue weighted by Gasteiger charge is -2.08. The molecule has 2 aromatic rings. The van der Waals surface area contributed by atoms with Crippen molar-refractivity contribution in [1.82, 2.24) is 10.2 Å². The number of hydrogen-bond donors (Lipinski definition) is 1. The van der Waals surface area contributed by atoms with Crippen LogP contribution < -0.4 is 0 Å². The first-order valence-electron chi connectivity index (χ1n) is 5.92. The fourth-order valence-electron chi connectivity index (χ4n) is 1.67. The summed E-state index contributed by atoms with van der Waals surface area (Å²) in [6.07, 6.45) is -4.41. The zero-order valence-corrected chi connectivity index (χ0v) is 12.4. The number of nitrogens with zero attached hydrogens (tertiary/aromatic N) is 1. The third-order valence-corrected chi connectivity index (χ3v) is 3.30. The molecule has 0 saturated carbocycles. The van der Waals surface area contributed by atoms with E-state index in [1.165, 1.54) is 12.1 Å². The van der Waals surface area contributed by atoms with Crippen molar-refractivity contribution >= 4 is 21.9 Å². The molecule has 1 aromatic carbocycles. The average Bonchev–Trinajstić information content (AvgIpc) is 2.87. The van der Waals surface area contributed by atoms with E-state index in [1.54, 1.807) is 6.92 Å². The van der Waals surface area contributed by atoms with Crippen LogP contribution in [0.3, 0.4) is 0 Å². The normalized spacial score (nSPS) is 11.5. The monoisotopic (exact) mass is 362 g/mol. The molecule has 0 spiro atoms. The zero-order valence-electron chi connectivity index (χ0n) is 10.8. The molecule has 0 aliphatic heterocycles. The summed E-state index contributed by atoms with van der Waals surface area (Å²) in [7, 11) is 0. The summed E-state index contributed by atoms with van der Waals surface area (Å²) >= 11 is 3.08. The number of aromatic amines is 1. The van der Waals surface area contributed by atoms with Gasteiger partial charge in [-0.3, -0.25) is 5.10 Å². The largest absolute Gasteiger partial charge is 0.461 e. The van der Waals surface area contributed by atoms with Crippen molar-refractivity contribution in [3.05, 3.63) is 40.0 Å². The van der Waals surface area contributed by atoms with Crippen molar-refractivity contribution in [3.8, 4) is 11.3 Å². The van der Waals surface area contributed by atoms with Crippen LogP contribution in [-0.2, 0) is 10.9 Å². The minimum absolute atomic E-state index is 0.138. The van der Waals surface area contributed by atoms with Gasteiger partial charge in [0.05, 0.1) is 17.9 Å². The van der Waals surface area contributed by atoms with Crippen molar-refractivity contribution in [3.63, 3.8) is 0 Å². The number of aromatic nitrogens is 2. The number of rotatable bonds is 3. The predicted octanol–water partition coefficient (Wildman–Crippen LogP) is 4.03. The molecule has 2 rings (SSSR count). The summed E-state index contributed by atoms with van der Waals surface area (Å²) in [6.45, 7) is 1.89. The first-order chi connectivity index (χ1) is 9.82. The average molecular weight is 363 g/mol. The standard InChI is InChI=1S/C13H10BrF3N2O2/c1-2-21-12(20)11-6-10(18-19-11)8-4-3-7(5-9(8)14)13(15,16)17/h3-6H,2H2,1H3,(H,18,19). The number of carbonyl (C=O) groups excluding carboxylic acids is 1. The first-order valence-corrected chi connectivity index (χ1v) is 6.72. The molecule has 21 heavy (non-hydrogen) atoms. The van der Waals surface area contributed by atoms with Gasteiger partial charge in [0.2, 0.25) is 0 Å². The maximum Gasteiger partial charge on any atom is 0.416 e. The summed E-state index contributed by atoms with van der Waals surface area (Å²) in [5, 5.41) is 6.40. The third kappa shape index (κ3) is 3.44. The highest BCUT2D eigenvalue weighted by molar-refractivity contribution is 9.10. The lowest BCUT2D eigenvalue weighted by atomic mass is 10.1. The predicted molar refractivity (Wildman–Crippen MR) is 72.7 cm³/mol. The molecule has 1 heterocycles. The van der Waals surface area contributed by atoms with Crippen LogP contribution in [0.2, 0.25) is 0 Å². The summed E-state index contributed by atoms with van der Waals surface area (Å²) < 4.78 is 42.8. The van der Waals surface area contributed by atoms with Crippen LogP contribution in [0.5, 0.6) is 0 Å². The van der Waals surface area contributed by atoms with E-state index >= 15 is 0 Å². The molecule has 4 nitrogen and oxygen atoms in total. The van der Waals surface area contributed by atoms with Gasteiger partial charge in [-0.05, 0) is 25.1 Å². The van der Waals surface area contributed by atoms with Crippen LogP contribution >= 0.6 is 15.9 Å². The molecular weight excluding hydrogens is 353 g/mol. The first kappa shape index (κ1) is 15.6. The van der Waals surface area contributed by atoms with Crippen molar-refractivity contribution in [2.24, 2.45) is 0 Å². The number of esters is 1. The van der Waals surface area contributed by atoms with E-state index in [4.69, 9.17) is 4.74 Å². The molecular formula is C13H10BrF3N2O2. The van der Waals surface area contributed by atoms with Gasteiger partial charge in [-0.2, -0.15) is 18.3 Å². The molecule has 8 heteroatoms. The molecule has 0 radical (unpaired) electrons. The Balaban J connectivity index is 2.33. The summed E-state index contributed by atoms with van der Waals surface area (Å²) in [4.78, 5) is 11.5. The quantitative estimate of drug-likeness (QED) is 0.838. The molecule has 0 unspecified atom stereocenters. The van der Waals surface area contributed by atoms with E-state index < -0.39 is 17.7 Å². The number of H-pyrrole nitrogens is 1. The fraction of sp³-hybridized carbons (Fsp3) is 0.231. The Morgan fingerprint density at radius 2 is 2.10 bits per heavy atom. The Hall–Kier alpha value is -1.83. The lowest BCUT2D eigenvalue weighted by molar-refractivity contribution is -0.137. The van der Waals surface area contributed by atoms with E-state index in [2.05, 4.69) is 26.1 Å². The highest BCUT2D eigenvalue weighted by Crippen LogP contribution is 2.35. The SMILES string of the molecule is CCOC(=O)c1cc(-c2ccc(C(F)(F)F)cc2Br)n[nH]1. The molecule has 1 N–H and O–H groups in total. The van der Waals surface area contributed by atoms with E-state index in [9.17, 15) is 18.0 Å². The highest BCUT2D eigenvalue weighted by Gasteiger charge is 2.31. The number of hydrogen-bond acceptors (Lipinski definition) is 3. The van der Waals surface area contributed by atoms with Crippen LogP contribution in [0.1, 0.15) is 23.0 Å². The topological polar surface area (TPSA) is 55.0 Å². The summed E-state index contributed by atoms with van der Waals surface area (Å²) in [5.74, 6) is -0.570. The Morgan fingerprint density at radius 3 is 2.67 bits per heavy atom.